The molecule has 3 nitrogen and oxygen atoms in total. The molecule has 14 heavy (non-hydrogen) atoms. The molecule has 0 aliphatic heterocycles. The number of nitrogens with zero attached hydrogens (tertiary/aromatic N) is 1. The molecular formula is C11H11N3. The van der Waals surface area contributed by atoms with E-state index < -0.39 is 0 Å². The van der Waals surface area contributed by atoms with Crippen molar-refractivity contribution in [2.75, 3.05) is 5.32 Å². The van der Waals surface area contributed by atoms with E-state index in [1.807, 2.05) is 12.4 Å². The molecule has 2 aromatic rings. The van der Waals surface area contributed by atoms with Crippen LogP contribution in [0.25, 0.3) is 11.0 Å². The summed E-state index contributed by atoms with van der Waals surface area (Å²) in [5.74, 6) is 1.97. The maximum absolute atomic E-state index is 4.26. The zero-order valence-corrected chi connectivity index (χ0v) is 7.70. The van der Waals surface area contributed by atoms with E-state index in [4.69, 9.17) is 0 Å². The van der Waals surface area contributed by atoms with Crippen LogP contribution < -0.4 is 5.32 Å². The molecule has 70 valence electrons. The SMILES string of the molecule is c1cc(NC2C3CC32)c2cc[nH]c2n1. The minimum absolute atomic E-state index is 0.760. The van der Waals surface area contributed by atoms with Crippen molar-refractivity contribution in [3.63, 3.8) is 0 Å². The van der Waals surface area contributed by atoms with Gasteiger partial charge in [-0.05, 0) is 30.4 Å². The normalized spacial score (nSPS) is 32.7. The van der Waals surface area contributed by atoms with Crippen molar-refractivity contribution < 1.29 is 0 Å². The highest BCUT2D eigenvalue weighted by molar-refractivity contribution is 5.89. The molecule has 2 atom stereocenters. The smallest absolute Gasteiger partial charge is 0.139 e. The Bertz CT molecular complexity index is 494. The van der Waals surface area contributed by atoms with Crippen molar-refractivity contribution in [3.05, 3.63) is 24.5 Å². The minimum Gasteiger partial charge on any atom is -0.381 e. The first-order valence-corrected chi connectivity index (χ1v) is 5.12. The quantitative estimate of drug-likeness (QED) is 0.751. The summed E-state index contributed by atoms with van der Waals surface area (Å²) in [6.07, 6.45) is 5.24. The number of hydrogen-bond acceptors (Lipinski definition) is 2. The van der Waals surface area contributed by atoms with Gasteiger partial charge in [-0.25, -0.2) is 4.98 Å². The van der Waals surface area contributed by atoms with Gasteiger partial charge in [-0.1, -0.05) is 0 Å². The lowest BCUT2D eigenvalue weighted by molar-refractivity contribution is 0.806. The first-order chi connectivity index (χ1) is 6.93. The van der Waals surface area contributed by atoms with Gasteiger partial charge in [-0.15, -0.1) is 0 Å². The van der Waals surface area contributed by atoms with Crippen molar-refractivity contribution in [1.82, 2.24) is 9.97 Å². The van der Waals surface area contributed by atoms with E-state index in [0.29, 0.717) is 0 Å². The first kappa shape index (κ1) is 6.87. The Labute approximate surface area is 81.5 Å². The van der Waals surface area contributed by atoms with Gasteiger partial charge in [-0.2, -0.15) is 0 Å². The van der Waals surface area contributed by atoms with E-state index in [1.165, 1.54) is 17.5 Å². The van der Waals surface area contributed by atoms with Gasteiger partial charge in [0.1, 0.15) is 5.65 Å². The maximum atomic E-state index is 4.26. The molecule has 2 heterocycles. The molecule has 0 saturated heterocycles. The second kappa shape index (κ2) is 2.11. The Hall–Kier alpha value is -1.51. The molecule has 0 radical (unpaired) electrons. The monoisotopic (exact) mass is 185 g/mol. The first-order valence-electron chi connectivity index (χ1n) is 5.12. The molecule has 2 aliphatic rings. The molecule has 2 aliphatic carbocycles. The summed E-state index contributed by atoms with van der Waals surface area (Å²) in [6, 6.07) is 4.91. The topological polar surface area (TPSA) is 40.7 Å². The lowest BCUT2D eigenvalue weighted by atomic mass is 10.2. The highest BCUT2D eigenvalue weighted by Crippen LogP contribution is 2.63. The Morgan fingerprint density at radius 2 is 2.29 bits per heavy atom. The zero-order chi connectivity index (χ0) is 9.12. The van der Waals surface area contributed by atoms with Crippen molar-refractivity contribution in [2.45, 2.75) is 12.5 Å². The van der Waals surface area contributed by atoms with E-state index in [0.717, 1.165) is 23.5 Å². The Kier molecular flexibility index (Phi) is 1.03. The van der Waals surface area contributed by atoms with Crippen LogP contribution in [-0.4, -0.2) is 16.0 Å². The molecule has 2 unspecified atom stereocenters. The van der Waals surface area contributed by atoms with E-state index in [2.05, 4.69) is 27.4 Å². The third-order valence-electron chi connectivity index (χ3n) is 3.46. The van der Waals surface area contributed by atoms with Crippen LogP contribution in [0.4, 0.5) is 5.69 Å². The molecule has 0 aromatic carbocycles. The average molecular weight is 185 g/mol. The summed E-state index contributed by atoms with van der Waals surface area (Å²) < 4.78 is 0. The van der Waals surface area contributed by atoms with Gasteiger partial charge >= 0.3 is 0 Å². The van der Waals surface area contributed by atoms with E-state index in [9.17, 15) is 0 Å². The van der Waals surface area contributed by atoms with Gasteiger partial charge in [0.25, 0.3) is 0 Å². The van der Waals surface area contributed by atoms with Crippen LogP contribution >= 0.6 is 0 Å². The van der Waals surface area contributed by atoms with Crippen LogP contribution in [0.3, 0.4) is 0 Å². The number of H-pyrrole nitrogens is 1. The number of aromatic nitrogens is 2. The molecule has 2 N–H and O–H groups in total. The predicted octanol–water partition coefficient (Wildman–Crippen LogP) is 1.99. The molecule has 2 aromatic heterocycles. The van der Waals surface area contributed by atoms with E-state index in [1.54, 1.807) is 0 Å². The molecule has 0 spiro atoms. The van der Waals surface area contributed by atoms with Crippen molar-refractivity contribution in [3.8, 4) is 0 Å². The van der Waals surface area contributed by atoms with Crippen LogP contribution in [0.5, 0.6) is 0 Å². The van der Waals surface area contributed by atoms with Gasteiger partial charge in [0, 0.05) is 29.5 Å². The number of rotatable bonds is 2. The summed E-state index contributed by atoms with van der Waals surface area (Å²) in [6.45, 7) is 0. The molecule has 2 saturated carbocycles. The van der Waals surface area contributed by atoms with E-state index in [-0.39, 0.29) is 0 Å². The fourth-order valence-corrected chi connectivity index (χ4v) is 2.26. The van der Waals surface area contributed by atoms with E-state index >= 15 is 0 Å². The van der Waals surface area contributed by atoms with Crippen molar-refractivity contribution in [2.24, 2.45) is 11.8 Å². The van der Waals surface area contributed by atoms with Crippen LogP contribution in [0.1, 0.15) is 6.42 Å². The van der Waals surface area contributed by atoms with Gasteiger partial charge < -0.3 is 10.3 Å². The fourth-order valence-electron chi connectivity index (χ4n) is 2.26. The van der Waals surface area contributed by atoms with Crippen molar-refractivity contribution in [1.29, 1.82) is 0 Å². The summed E-state index contributed by atoms with van der Waals surface area (Å²) in [5, 5.41) is 4.79. The van der Waals surface area contributed by atoms with Crippen LogP contribution in [0.15, 0.2) is 24.5 Å². The summed E-state index contributed by atoms with van der Waals surface area (Å²) in [7, 11) is 0. The Morgan fingerprint density at radius 1 is 1.36 bits per heavy atom. The third kappa shape index (κ3) is 0.794. The van der Waals surface area contributed by atoms with Crippen LogP contribution in [0.2, 0.25) is 0 Å². The largest absolute Gasteiger partial charge is 0.381 e. The molecule has 0 amide bonds. The number of nitrogens with one attached hydrogen (secondary N) is 2. The minimum atomic E-state index is 0.760. The second-order valence-electron chi connectivity index (χ2n) is 4.33. The maximum Gasteiger partial charge on any atom is 0.139 e. The zero-order valence-electron chi connectivity index (χ0n) is 7.70. The standard InChI is InChI=1S/C11H11N3/c1-3-12-11-6(1)9(2-4-13-11)14-10-7-5-8(7)10/h1-4,7-8,10H,5H2,(H2,12,13,14). The van der Waals surface area contributed by atoms with Gasteiger partial charge in [-0.3, -0.25) is 0 Å². The lowest BCUT2D eigenvalue weighted by Crippen LogP contribution is -2.10. The molecule has 0 bridgehead atoms. The second-order valence-corrected chi connectivity index (χ2v) is 4.33. The predicted molar refractivity (Wildman–Crippen MR) is 55.1 cm³/mol. The summed E-state index contributed by atoms with van der Waals surface area (Å²) in [5.41, 5.74) is 2.21. The Morgan fingerprint density at radius 3 is 3.07 bits per heavy atom. The van der Waals surface area contributed by atoms with Crippen LogP contribution in [0, 0.1) is 11.8 Å². The number of fused-ring (bicyclic) bond motifs is 2. The van der Waals surface area contributed by atoms with Gasteiger partial charge in [0.05, 0.1) is 0 Å². The molecule has 2 fully saturated rings. The highest BCUT2D eigenvalue weighted by Gasteiger charge is 2.64. The lowest BCUT2D eigenvalue weighted by Gasteiger charge is -2.09. The summed E-state index contributed by atoms with van der Waals surface area (Å²) in [4.78, 5) is 7.39. The number of anilines is 1. The average Bonchev–Trinajstić information content (AvgIpc) is 3.05. The highest BCUT2D eigenvalue weighted by atomic mass is 15.1. The number of pyridine rings is 1. The molecule has 4 rings (SSSR count). The van der Waals surface area contributed by atoms with Crippen molar-refractivity contribution >= 4 is 16.7 Å². The third-order valence-corrected chi connectivity index (χ3v) is 3.46. The molecule has 3 heteroatoms. The van der Waals surface area contributed by atoms with Gasteiger partial charge in [0.2, 0.25) is 0 Å². The summed E-state index contributed by atoms with van der Waals surface area (Å²) >= 11 is 0. The number of hydrogen-bond donors (Lipinski definition) is 2. The molecular weight excluding hydrogens is 174 g/mol. The number of aromatic amines is 1. The Balaban J connectivity index is 1.76. The van der Waals surface area contributed by atoms with Gasteiger partial charge in [0.15, 0.2) is 0 Å². The fraction of sp³-hybridized carbons (Fsp3) is 0.364. The van der Waals surface area contributed by atoms with Crippen LogP contribution in [-0.2, 0) is 0 Å².